The molecule has 0 amide bonds. The Morgan fingerprint density at radius 1 is 1.35 bits per heavy atom. The summed E-state index contributed by atoms with van der Waals surface area (Å²) >= 11 is 1.44. The highest BCUT2D eigenvalue weighted by Crippen LogP contribution is 2.30. The average Bonchev–Trinajstić information content (AvgIpc) is 2.31. The molecule has 0 heterocycles. The van der Waals surface area contributed by atoms with Gasteiger partial charge in [-0.2, -0.15) is 0 Å². The molecule has 0 fully saturated rings. The summed E-state index contributed by atoms with van der Waals surface area (Å²) in [6.45, 7) is 4.17. The Bertz CT molecular complexity index is 346. The van der Waals surface area contributed by atoms with Crippen LogP contribution in [0.2, 0.25) is 0 Å². The van der Waals surface area contributed by atoms with Gasteiger partial charge in [-0.25, -0.2) is 4.39 Å². The average molecular weight is 260 g/mol. The maximum atomic E-state index is 13.7. The fourth-order valence-corrected chi connectivity index (χ4v) is 2.02. The summed E-state index contributed by atoms with van der Waals surface area (Å²) in [5, 5.41) is 0. The number of methoxy groups -OCH3 is 1. The van der Waals surface area contributed by atoms with Gasteiger partial charge in [-0.1, -0.05) is 13.8 Å². The van der Waals surface area contributed by atoms with Crippen LogP contribution in [0.1, 0.15) is 19.4 Å². The Hall–Kier alpha value is -0.780. The Kier molecular flexibility index (Phi) is 7.95. The largest absolute Gasteiger partial charge is 0.494 e. The van der Waals surface area contributed by atoms with Crippen LogP contribution in [0.5, 0.6) is 5.75 Å². The van der Waals surface area contributed by atoms with Crippen molar-refractivity contribution in [2.24, 2.45) is 5.73 Å². The van der Waals surface area contributed by atoms with Gasteiger partial charge in [0.1, 0.15) is 0 Å². The zero-order valence-electron chi connectivity index (χ0n) is 11.1. The lowest BCUT2D eigenvalue weighted by molar-refractivity contribution is 0.383. The maximum Gasteiger partial charge on any atom is 0.170 e. The van der Waals surface area contributed by atoms with Crippen molar-refractivity contribution in [2.75, 3.05) is 21.2 Å². The highest BCUT2D eigenvalue weighted by Gasteiger charge is 2.13. The van der Waals surface area contributed by atoms with Crippen molar-refractivity contribution < 1.29 is 9.13 Å². The van der Waals surface area contributed by atoms with Crippen LogP contribution < -0.4 is 10.5 Å². The molecule has 0 atom stereocenters. The summed E-state index contributed by atoms with van der Waals surface area (Å²) in [5.41, 5.74) is 6.02. The minimum atomic E-state index is -0.369. The predicted molar refractivity (Wildman–Crippen MR) is 71.7 cm³/mol. The van der Waals surface area contributed by atoms with Crippen molar-refractivity contribution >= 4 is 11.9 Å². The molecule has 5 heteroatoms. The highest BCUT2D eigenvalue weighted by atomic mass is 32.2. The van der Waals surface area contributed by atoms with Crippen molar-refractivity contribution in [3.63, 3.8) is 0 Å². The molecule has 0 spiro atoms. The lowest BCUT2D eigenvalue weighted by Gasteiger charge is -2.14. The standard InChI is InChI=1S/C10H15FN2OS.C2H6/c1-13(2)15-9-5-4-8(14-3)10(11)7(9)6-12;1-2/h4-5H,6,12H2,1-3H3;1-2H3. The predicted octanol–water partition coefficient (Wildman–Crippen LogP) is 2.89. The molecule has 0 aliphatic carbocycles. The van der Waals surface area contributed by atoms with Crippen LogP contribution in [-0.2, 0) is 6.54 Å². The van der Waals surface area contributed by atoms with Gasteiger partial charge in [0.15, 0.2) is 11.6 Å². The minimum absolute atomic E-state index is 0.166. The minimum Gasteiger partial charge on any atom is -0.494 e. The van der Waals surface area contributed by atoms with E-state index in [1.807, 2.05) is 38.3 Å². The van der Waals surface area contributed by atoms with Gasteiger partial charge in [-0.15, -0.1) is 0 Å². The van der Waals surface area contributed by atoms with Gasteiger partial charge in [0, 0.05) is 17.0 Å². The molecule has 1 rings (SSSR count). The van der Waals surface area contributed by atoms with Crippen molar-refractivity contribution in [1.29, 1.82) is 0 Å². The second kappa shape index (κ2) is 8.33. The van der Waals surface area contributed by atoms with Gasteiger partial charge in [0.2, 0.25) is 0 Å². The lowest BCUT2D eigenvalue weighted by Crippen LogP contribution is -2.07. The Morgan fingerprint density at radius 2 is 1.94 bits per heavy atom. The number of hydrogen-bond acceptors (Lipinski definition) is 4. The molecule has 0 radical (unpaired) electrons. The SMILES string of the molecule is CC.COc1ccc(SN(C)C)c(CN)c1F. The van der Waals surface area contributed by atoms with Crippen LogP contribution in [0.4, 0.5) is 4.39 Å². The number of nitrogens with zero attached hydrogens (tertiary/aromatic N) is 1. The van der Waals surface area contributed by atoms with E-state index in [9.17, 15) is 4.39 Å². The van der Waals surface area contributed by atoms with Crippen molar-refractivity contribution in [1.82, 2.24) is 4.31 Å². The summed E-state index contributed by atoms with van der Waals surface area (Å²) in [6, 6.07) is 3.43. The first-order valence-electron chi connectivity index (χ1n) is 5.50. The normalized spacial score (nSPS) is 9.88. The molecule has 0 aromatic heterocycles. The summed E-state index contributed by atoms with van der Waals surface area (Å²) in [6.07, 6.45) is 0. The van der Waals surface area contributed by atoms with Crippen LogP contribution in [-0.4, -0.2) is 25.5 Å². The summed E-state index contributed by atoms with van der Waals surface area (Å²) in [4.78, 5) is 0.820. The highest BCUT2D eigenvalue weighted by molar-refractivity contribution is 7.97. The fourth-order valence-electron chi connectivity index (χ4n) is 1.21. The number of nitrogens with two attached hydrogens (primary N) is 1. The quantitative estimate of drug-likeness (QED) is 0.845. The molecule has 1 aromatic rings. The van der Waals surface area contributed by atoms with Gasteiger partial charge >= 0.3 is 0 Å². The first-order chi connectivity index (χ1) is 8.10. The van der Waals surface area contributed by atoms with E-state index in [4.69, 9.17) is 10.5 Å². The van der Waals surface area contributed by atoms with Gasteiger partial charge in [0.05, 0.1) is 7.11 Å². The molecule has 0 unspecified atom stereocenters. The monoisotopic (exact) mass is 260 g/mol. The third kappa shape index (κ3) is 4.53. The molecule has 17 heavy (non-hydrogen) atoms. The molecule has 0 bridgehead atoms. The second-order valence-corrected chi connectivity index (χ2v) is 4.52. The first-order valence-corrected chi connectivity index (χ1v) is 6.28. The van der Waals surface area contributed by atoms with E-state index < -0.39 is 0 Å². The van der Waals surface area contributed by atoms with E-state index in [1.165, 1.54) is 19.1 Å². The topological polar surface area (TPSA) is 38.5 Å². The van der Waals surface area contributed by atoms with Crippen LogP contribution in [0.3, 0.4) is 0 Å². The maximum absolute atomic E-state index is 13.7. The zero-order chi connectivity index (χ0) is 13.4. The molecule has 98 valence electrons. The van der Waals surface area contributed by atoms with E-state index in [2.05, 4.69) is 0 Å². The van der Waals surface area contributed by atoms with Gasteiger partial charge in [0.25, 0.3) is 0 Å². The van der Waals surface area contributed by atoms with E-state index in [-0.39, 0.29) is 18.1 Å². The molecule has 1 aromatic carbocycles. The summed E-state index contributed by atoms with van der Waals surface area (Å²) in [5.74, 6) is -0.134. The summed E-state index contributed by atoms with van der Waals surface area (Å²) < 4.78 is 20.5. The lowest BCUT2D eigenvalue weighted by atomic mass is 10.2. The number of benzene rings is 1. The molecular weight excluding hydrogens is 239 g/mol. The number of rotatable bonds is 4. The van der Waals surface area contributed by atoms with Gasteiger partial charge in [-0.05, 0) is 38.2 Å². The first kappa shape index (κ1) is 16.2. The molecular formula is C12H21FN2OS. The van der Waals surface area contributed by atoms with Crippen molar-refractivity contribution in [3.05, 3.63) is 23.5 Å². The van der Waals surface area contributed by atoms with Crippen LogP contribution in [0.25, 0.3) is 0 Å². The zero-order valence-corrected chi connectivity index (χ0v) is 11.9. The Labute approximate surface area is 107 Å². The van der Waals surface area contributed by atoms with E-state index in [1.54, 1.807) is 6.07 Å². The molecule has 0 saturated heterocycles. The third-order valence-corrected chi connectivity index (χ3v) is 2.81. The summed E-state index contributed by atoms with van der Waals surface area (Å²) in [7, 11) is 5.23. The smallest absolute Gasteiger partial charge is 0.170 e. The molecule has 0 saturated carbocycles. The van der Waals surface area contributed by atoms with E-state index in [0.717, 1.165) is 4.90 Å². The molecule has 0 aliphatic rings. The second-order valence-electron chi connectivity index (χ2n) is 3.17. The number of hydrogen-bond donors (Lipinski definition) is 1. The number of halogens is 1. The van der Waals surface area contributed by atoms with Crippen molar-refractivity contribution in [3.8, 4) is 5.75 Å². The van der Waals surface area contributed by atoms with E-state index >= 15 is 0 Å². The fraction of sp³-hybridized carbons (Fsp3) is 0.500. The Balaban J connectivity index is 0.00000121. The van der Waals surface area contributed by atoms with Crippen LogP contribution in [0.15, 0.2) is 17.0 Å². The third-order valence-electron chi connectivity index (χ3n) is 1.87. The Morgan fingerprint density at radius 3 is 2.35 bits per heavy atom. The van der Waals surface area contributed by atoms with Crippen LogP contribution in [0, 0.1) is 5.82 Å². The van der Waals surface area contributed by atoms with Crippen molar-refractivity contribution in [2.45, 2.75) is 25.3 Å². The molecule has 3 nitrogen and oxygen atoms in total. The van der Waals surface area contributed by atoms with Gasteiger partial charge in [-0.3, -0.25) is 4.31 Å². The van der Waals surface area contributed by atoms with Crippen LogP contribution >= 0.6 is 11.9 Å². The number of ether oxygens (including phenoxy) is 1. The molecule has 0 aliphatic heterocycles. The van der Waals surface area contributed by atoms with E-state index in [0.29, 0.717) is 5.56 Å². The molecule has 2 N–H and O–H groups in total. The van der Waals surface area contributed by atoms with Gasteiger partial charge < -0.3 is 10.5 Å².